The van der Waals surface area contributed by atoms with Crippen LogP contribution < -0.4 is 0 Å². The molecule has 45 heavy (non-hydrogen) atoms. The molecule has 0 N–H and O–H groups in total. The van der Waals surface area contributed by atoms with Crippen LogP contribution in [0, 0.1) is 0 Å². The number of fused-ring (bicyclic) bond motifs is 6. The van der Waals surface area contributed by atoms with Gasteiger partial charge in [0.15, 0.2) is 17.5 Å². The molecule has 0 radical (unpaired) electrons. The molecule has 9 rings (SSSR count). The first-order chi connectivity index (χ1) is 22.3. The largest absolute Gasteiger partial charge is 0.247 e. The Morgan fingerprint density at radius 1 is 0.400 bits per heavy atom. The lowest BCUT2D eigenvalue weighted by molar-refractivity contribution is 1.08. The van der Waals surface area contributed by atoms with Crippen LogP contribution in [0.15, 0.2) is 146 Å². The standard InChI is InChI=1S/C40H24N4S/c1-3-11-27(12-4-1)38-42-39(28-13-5-2-6-14-28)44-40(43-38)32-16-9-17-34-36(32)31-22-20-29(24-35(31)45-34)33-23-21-26-19-18-25-10-7-8-15-30(25)37(26)41-33/h1-24H. The van der Waals surface area contributed by atoms with Gasteiger partial charge in [-0.1, -0.05) is 127 Å². The molecule has 0 unspecified atom stereocenters. The number of pyridine rings is 1. The van der Waals surface area contributed by atoms with Gasteiger partial charge in [-0.2, -0.15) is 0 Å². The summed E-state index contributed by atoms with van der Waals surface area (Å²) < 4.78 is 2.40. The molecule has 0 saturated heterocycles. The summed E-state index contributed by atoms with van der Waals surface area (Å²) in [6.45, 7) is 0. The van der Waals surface area contributed by atoms with Crippen molar-refractivity contribution in [3.05, 3.63) is 146 Å². The highest BCUT2D eigenvalue weighted by Crippen LogP contribution is 2.41. The highest BCUT2D eigenvalue weighted by atomic mass is 32.1. The quantitative estimate of drug-likeness (QED) is 0.191. The first-order valence-electron chi connectivity index (χ1n) is 14.9. The van der Waals surface area contributed by atoms with E-state index in [9.17, 15) is 0 Å². The minimum Gasteiger partial charge on any atom is -0.247 e. The first-order valence-corrected chi connectivity index (χ1v) is 15.7. The number of thiophene rings is 1. The van der Waals surface area contributed by atoms with Crippen LogP contribution in [0.1, 0.15) is 0 Å². The lowest BCUT2D eigenvalue weighted by Crippen LogP contribution is -2.00. The SMILES string of the molecule is c1ccc(-c2nc(-c3ccccc3)nc(-c3cccc4sc5cc(-c6ccc7ccc8ccccc8c7n6)ccc5c34)n2)cc1. The second kappa shape index (κ2) is 10.4. The maximum absolute atomic E-state index is 5.15. The average Bonchev–Trinajstić information content (AvgIpc) is 3.50. The van der Waals surface area contributed by atoms with Gasteiger partial charge in [0.1, 0.15) is 0 Å². The van der Waals surface area contributed by atoms with E-state index in [4.69, 9.17) is 19.9 Å². The molecule has 6 aromatic carbocycles. The highest BCUT2D eigenvalue weighted by Gasteiger charge is 2.17. The molecule has 0 fully saturated rings. The fourth-order valence-electron chi connectivity index (χ4n) is 6.12. The smallest absolute Gasteiger partial charge is 0.164 e. The minimum absolute atomic E-state index is 0.660. The predicted molar refractivity (Wildman–Crippen MR) is 187 cm³/mol. The summed E-state index contributed by atoms with van der Waals surface area (Å²) in [4.78, 5) is 20.1. The van der Waals surface area contributed by atoms with Crippen molar-refractivity contribution in [1.29, 1.82) is 0 Å². The van der Waals surface area contributed by atoms with Crippen LogP contribution in [-0.2, 0) is 0 Å². The van der Waals surface area contributed by atoms with E-state index >= 15 is 0 Å². The molecular formula is C40H24N4S. The lowest BCUT2D eigenvalue weighted by atomic mass is 10.0. The van der Waals surface area contributed by atoms with Gasteiger partial charge in [-0.05, 0) is 23.6 Å². The van der Waals surface area contributed by atoms with Gasteiger partial charge in [0.2, 0.25) is 0 Å². The molecular weight excluding hydrogens is 569 g/mol. The molecule has 3 heterocycles. The van der Waals surface area contributed by atoms with Gasteiger partial charge in [-0.25, -0.2) is 19.9 Å². The molecule has 0 spiro atoms. The lowest BCUT2D eigenvalue weighted by Gasteiger charge is -2.09. The number of rotatable bonds is 4. The minimum atomic E-state index is 0.660. The normalized spacial score (nSPS) is 11.6. The Morgan fingerprint density at radius 2 is 1.07 bits per heavy atom. The topological polar surface area (TPSA) is 51.6 Å². The Morgan fingerprint density at radius 3 is 1.84 bits per heavy atom. The zero-order chi connectivity index (χ0) is 29.7. The third kappa shape index (κ3) is 4.44. The zero-order valence-corrected chi connectivity index (χ0v) is 24.9. The van der Waals surface area contributed by atoms with Crippen molar-refractivity contribution in [2.24, 2.45) is 0 Å². The Hall–Kier alpha value is -5.78. The van der Waals surface area contributed by atoms with Crippen LogP contribution in [0.25, 0.3) is 87.3 Å². The van der Waals surface area contributed by atoms with Crippen molar-refractivity contribution in [3.63, 3.8) is 0 Å². The van der Waals surface area contributed by atoms with Gasteiger partial charge in [-0.15, -0.1) is 11.3 Å². The summed E-state index contributed by atoms with van der Waals surface area (Å²) >= 11 is 1.79. The van der Waals surface area contributed by atoms with E-state index in [-0.39, 0.29) is 0 Å². The van der Waals surface area contributed by atoms with Gasteiger partial charge < -0.3 is 0 Å². The molecule has 5 heteroatoms. The molecule has 0 saturated carbocycles. The molecule has 0 amide bonds. The molecule has 210 valence electrons. The molecule has 4 nitrogen and oxygen atoms in total. The van der Waals surface area contributed by atoms with Crippen molar-refractivity contribution in [2.75, 3.05) is 0 Å². The average molecular weight is 593 g/mol. The number of benzene rings is 6. The summed E-state index contributed by atoms with van der Waals surface area (Å²) in [5.41, 5.74) is 6.02. The highest BCUT2D eigenvalue weighted by molar-refractivity contribution is 7.26. The van der Waals surface area contributed by atoms with E-state index in [0.29, 0.717) is 17.5 Å². The van der Waals surface area contributed by atoms with Crippen LogP contribution in [0.2, 0.25) is 0 Å². The second-order valence-corrected chi connectivity index (χ2v) is 12.2. The van der Waals surface area contributed by atoms with Crippen molar-refractivity contribution in [2.45, 2.75) is 0 Å². The third-order valence-corrected chi connectivity index (χ3v) is 9.44. The second-order valence-electron chi connectivity index (χ2n) is 11.1. The summed E-state index contributed by atoms with van der Waals surface area (Å²) in [7, 11) is 0. The van der Waals surface area contributed by atoms with Gasteiger partial charge in [0.05, 0.1) is 11.2 Å². The Labute approximate surface area is 263 Å². The number of hydrogen-bond acceptors (Lipinski definition) is 5. The molecule has 0 aliphatic heterocycles. The summed E-state index contributed by atoms with van der Waals surface area (Å²) in [5, 5.41) is 5.86. The monoisotopic (exact) mass is 592 g/mol. The van der Waals surface area contributed by atoms with Gasteiger partial charge in [0, 0.05) is 53.2 Å². The molecule has 0 aliphatic carbocycles. The Kier molecular flexibility index (Phi) is 5.96. The predicted octanol–water partition coefficient (Wildman–Crippen LogP) is 10.6. The van der Waals surface area contributed by atoms with Gasteiger partial charge >= 0.3 is 0 Å². The fourth-order valence-corrected chi connectivity index (χ4v) is 7.29. The molecule has 9 aromatic rings. The Balaban J connectivity index is 1.21. The maximum atomic E-state index is 5.15. The molecule has 0 bridgehead atoms. The molecule has 0 aliphatic rings. The number of nitrogens with zero attached hydrogens (tertiary/aromatic N) is 4. The van der Waals surface area contributed by atoms with E-state index in [2.05, 4.69) is 84.9 Å². The number of hydrogen-bond donors (Lipinski definition) is 0. The maximum Gasteiger partial charge on any atom is 0.164 e. The van der Waals surface area contributed by atoms with Gasteiger partial charge in [-0.3, -0.25) is 0 Å². The van der Waals surface area contributed by atoms with E-state index in [1.165, 1.54) is 25.6 Å². The summed E-state index contributed by atoms with van der Waals surface area (Å²) in [5.74, 6) is 1.99. The third-order valence-electron chi connectivity index (χ3n) is 8.32. The Bertz CT molecular complexity index is 2480. The van der Waals surface area contributed by atoms with Crippen molar-refractivity contribution < 1.29 is 0 Å². The van der Waals surface area contributed by atoms with Crippen LogP contribution in [0.3, 0.4) is 0 Å². The van der Waals surface area contributed by atoms with E-state index in [0.717, 1.165) is 44.2 Å². The zero-order valence-electron chi connectivity index (χ0n) is 24.1. The first kappa shape index (κ1) is 25.7. The van der Waals surface area contributed by atoms with Crippen molar-refractivity contribution in [1.82, 2.24) is 19.9 Å². The molecule has 3 aromatic heterocycles. The van der Waals surface area contributed by atoms with Crippen molar-refractivity contribution in [3.8, 4) is 45.4 Å². The van der Waals surface area contributed by atoms with Crippen molar-refractivity contribution >= 4 is 53.2 Å². The fraction of sp³-hybridized carbons (Fsp3) is 0. The summed E-state index contributed by atoms with van der Waals surface area (Å²) in [6, 6.07) is 50.4. The van der Waals surface area contributed by atoms with Crippen LogP contribution in [-0.4, -0.2) is 19.9 Å². The summed E-state index contributed by atoms with van der Waals surface area (Å²) in [6.07, 6.45) is 0. The van der Waals surface area contributed by atoms with E-state index in [1.807, 2.05) is 60.7 Å². The van der Waals surface area contributed by atoms with Crippen LogP contribution in [0.4, 0.5) is 0 Å². The number of aromatic nitrogens is 4. The van der Waals surface area contributed by atoms with Crippen LogP contribution >= 0.6 is 11.3 Å². The van der Waals surface area contributed by atoms with E-state index < -0.39 is 0 Å². The van der Waals surface area contributed by atoms with Gasteiger partial charge in [0.25, 0.3) is 0 Å². The van der Waals surface area contributed by atoms with Crippen LogP contribution in [0.5, 0.6) is 0 Å². The van der Waals surface area contributed by atoms with E-state index in [1.54, 1.807) is 11.3 Å². The molecule has 0 atom stereocenters.